The maximum atomic E-state index is 12.8. The molecule has 1 aromatic carbocycles. The molecule has 6 nitrogen and oxygen atoms in total. The molecule has 1 rings (SSSR count). The van der Waals surface area contributed by atoms with Crippen LogP contribution in [0.1, 0.15) is 24.8 Å². The first-order valence-electron chi connectivity index (χ1n) is 7.33. The summed E-state index contributed by atoms with van der Waals surface area (Å²) in [6.07, 6.45) is -3.34. The number of hydrogen-bond donors (Lipinski definition) is 3. The molecule has 0 heterocycles. The Morgan fingerprint density at radius 1 is 1.21 bits per heavy atom. The first-order chi connectivity index (χ1) is 11.1. The van der Waals surface area contributed by atoms with Gasteiger partial charge in [0.2, 0.25) is 5.91 Å². The highest BCUT2D eigenvalue weighted by molar-refractivity contribution is 5.94. The molecular weight excluding hydrogens is 325 g/mol. The van der Waals surface area contributed by atoms with Crippen molar-refractivity contribution < 1.29 is 22.8 Å². The number of amides is 3. The zero-order valence-corrected chi connectivity index (χ0v) is 13.5. The summed E-state index contributed by atoms with van der Waals surface area (Å²) in [5.41, 5.74) is 4.67. The largest absolute Gasteiger partial charge is 0.416 e. The fourth-order valence-electron chi connectivity index (χ4n) is 2.04. The van der Waals surface area contributed by atoms with Gasteiger partial charge < -0.3 is 21.3 Å². The third kappa shape index (κ3) is 6.35. The zero-order valence-electron chi connectivity index (χ0n) is 13.5. The highest BCUT2D eigenvalue weighted by atomic mass is 19.4. The Hall–Kier alpha value is -2.45. The molecule has 0 unspecified atom stereocenters. The quantitative estimate of drug-likeness (QED) is 0.663. The number of carbonyl (C=O) groups excluding carboxylic acids is 2. The van der Waals surface area contributed by atoms with Gasteiger partial charge in [-0.15, -0.1) is 0 Å². The van der Waals surface area contributed by atoms with Crippen LogP contribution in [0.3, 0.4) is 0 Å². The van der Waals surface area contributed by atoms with E-state index in [0.717, 1.165) is 12.1 Å². The number of alkyl halides is 3. The van der Waals surface area contributed by atoms with E-state index >= 15 is 0 Å². The third-order valence-electron chi connectivity index (χ3n) is 3.21. The van der Waals surface area contributed by atoms with Gasteiger partial charge in [0.15, 0.2) is 0 Å². The van der Waals surface area contributed by atoms with Crippen LogP contribution in [-0.4, -0.2) is 32.6 Å². The summed E-state index contributed by atoms with van der Waals surface area (Å²) in [6, 6.07) is 2.57. The molecule has 0 radical (unpaired) electrons. The number of halogens is 3. The lowest BCUT2D eigenvalue weighted by Gasteiger charge is -2.19. The van der Waals surface area contributed by atoms with Crippen molar-refractivity contribution in [1.29, 1.82) is 0 Å². The van der Waals surface area contributed by atoms with Crippen molar-refractivity contribution in [2.45, 2.75) is 25.4 Å². The number of benzene rings is 1. The first kappa shape index (κ1) is 19.6. The Bertz CT molecular complexity index is 589. The molecule has 0 aromatic heterocycles. The van der Waals surface area contributed by atoms with Crippen molar-refractivity contribution in [3.8, 4) is 0 Å². The molecule has 0 saturated heterocycles. The van der Waals surface area contributed by atoms with Crippen LogP contribution in [0.25, 0.3) is 0 Å². The average molecular weight is 346 g/mol. The lowest BCUT2D eigenvalue weighted by Crippen LogP contribution is -2.30. The molecule has 0 aliphatic heterocycles. The second kappa shape index (κ2) is 8.42. The average Bonchev–Trinajstić information content (AvgIpc) is 2.45. The number of carbonyl (C=O) groups is 2. The van der Waals surface area contributed by atoms with Gasteiger partial charge >= 0.3 is 12.2 Å². The van der Waals surface area contributed by atoms with E-state index in [-0.39, 0.29) is 12.1 Å². The van der Waals surface area contributed by atoms with Gasteiger partial charge in [-0.1, -0.05) is 0 Å². The minimum Gasteiger partial charge on any atom is -0.376 e. The van der Waals surface area contributed by atoms with E-state index in [2.05, 4.69) is 10.6 Å². The molecule has 0 saturated carbocycles. The molecular formula is C15H21F3N4O2. The molecule has 134 valence electrons. The number of hydrogen-bond acceptors (Lipinski definition) is 3. The molecule has 24 heavy (non-hydrogen) atoms. The fourth-order valence-corrected chi connectivity index (χ4v) is 2.04. The Morgan fingerprint density at radius 3 is 2.42 bits per heavy atom. The number of unbranched alkanes of at least 4 members (excludes halogenated alkanes) is 1. The maximum Gasteiger partial charge on any atom is 0.416 e. The summed E-state index contributed by atoms with van der Waals surface area (Å²) in [5.74, 6) is -0.392. The molecule has 0 atom stereocenters. The van der Waals surface area contributed by atoms with Gasteiger partial charge in [-0.25, -0.2) is 4.79 Å². The normalized spacial score (nSPS) is 11.0. The Balaban J connectivity index is 2.70. The number of nitrogens with two attached hydrogens (primary N) is 1. The SMILES string of the molecule is CN(C)c1ccc(C(F)(F)F)cc1NC(=O)CCCCNC(N)=O. The number of rotatable bonds is 7. The molecule has 0 aliphatic carbocycles. The summed E-state index contributed by atoms with van der Waals surface area (Å²) in [7, 11) is 3.35. The standard InChI is InChI=1S/C15H21F3N4O2/c1-22(2)12-7-6-10(15(16,17)18)9-11(12)21-13(23)5-3-4-8-20-14(19)24/h6-7,9H,3-5,8H2,1-2H3,(H,21,23)(H3,19,20,24). The Labute approximate surface area is 138 Å². The molecule has 0 aliphatic rings. The topological polar surface area (TPSA) is 87.5 Å². The van der Waals surface area contributed by atoms with Crippen LogP contribution in [0.2, 0.25) is 0 Å². The molecule has 9 heteroatoms. The van der Waals surface area contributed by atoms with E-state index in [4.69, 9.17) is 5.73 Å². The van der Waals surface area contributed by atoms with E-state index in [1.807, 2.05) is 0 Å². The van der Waals surface area contributed by atoms with E-state index in [0.29, 0.717) is 25.1 Å². The van der Waals surface area contributed by atoms with Crippen molar-refractivity contribution in [2.24, 2.45) is 5.73 Å². The van der Waals surface area contributed by atoms with Crippen molar-refractivity contribution in [2.75, 3.05) is 30.9 Å². The third-order valence-corrected chi connectivity index (χ3v) is 3.21. The number of nitrogens with one attached hydrogen (secondary N) is 2. The summed E-state index contributed by atoms with van der Waals surface area (Å²) >= 11 is 0. The van der Waals surface area contributed by atoms with Gasteiger partial charge in [-0.05, 0) is 31.0 Å². The van der Waals surface area contributed by atoms with Crippen LogP contribution in [-0.2, 0) is 11.0 Å². The van der Waals surface area contributed by atoms with Crippen LogP contribution in [0.4, 0.5) is 29.3 Å². The molecule has 0 bridgehead atoms. The predicted octanol–water partition coefficient (Wildman–Crippen LogP) is 2.55. The first-order valence-corrected chi connectivity index (χ1v) is 7.33. The van der Waals surface area contributed by atoms with Gasteiger partial charge in [0.1, 0.15) is 0 Å². The zero-order chi connectivity index (χ0) is 18.3. The lowest BCUT2D eigenvalue weighted by molar-refractivity contribution is -0.137. The van der Waals surface area contributed by atoms with Crippen LogP contribution < -0.4 is 21.3 Å². The second-order valence-corrected chi connectivity index (χ2v) is 5.42. The van der Waals surface area contributed by atoms with E-state index in [1.54, 1.807) is 19.0 Å². The Kier molecular flexibility index (Phi) is 6.87. The molecule has 0 fully saturated rings. The van der Waals surface area contributed by atoms with Gasteiger partial charge in [0.05, 0.1) is 16.9 Å². The summed E-state index contributed by atoms with van der Waals surface area (Å²) in [4.78, 5) is 24.0. The van der Waals surface area contributed by atoms with Crippen LogP contribution in [0.5, 0.6) is 0 Å². The Morgan fingerprint density at radius 2 is 1.88 bits per heavy atom. The molecule has 4 N–H and O–H groups in total. The van der Waals surface area contributed by atoms with Gasteiger partial charge in [0, 0.05) is 27.1 Å². The second-order valence-electron chi connectivity index (χ2n) is 5.42. The number of urea groups is 1. The minimum atomic E-state index is -4.48. The highest BCUT2D eigenvalue weighted by Gasteiger charge is 2.31. The smallest absolute Gasteiger partial charge is 0.376 e. The van der Waals surface area contributed by atoms with Gasteiger partial charge in [-0.3, -0.25) is 4.79 Å². The molecule has 3 amide bonds. The van der Waals surface area contributed by atoms with Crippen LogP contribution in [0, 0.1) is 0 Å². The van der Waals surface area contributed by atoms with Gasteiger partial charge in [-0.2, -0.15) is 13.2 Å². The maximum absolute atomic E-state index is 12.8. The van der Waals surface area contributed by atoms with Crippen molar-refractivity contribution >= 4 is 23.3 Å². The molecule has 0 spiro atoms. The number of nitrogens with zero attached hydrogens (tertiary/aromatic N) is 1. The van der Waals surface area contributed by atoms with E-state index in [9.17, 15) is 22.8 Å². The van der Waals surface area contributed by atoms with Crippen LogP contribution >= 0.6 is 0 Å². The summed E-state index contributed by atoms with van der Waals surface area (Å²) in [6.45, 7) is 0.342. The van der Waals surface area contributed by atoms with E-state index < -0.39 is 23.7 Å². The van der Waals surface area contributed by atoms with Gasteiger partial charge in [0.25, 0.3) is 0 Å². The predicted molar refractivity (Wildman–Crippen MR) is 85.8 cm³/mol. The number of primary amides is 1. The van der Waals surface area contributed by atoms with Crippen molar-refractivity contribution in [3.63, 3.8) is 0 Å². The monoisotopic (exact) mass is 346 g/mol. The fraction of sp³-hybridized carbons (Fsp3) is 0.467. The van der Waals surface area contributed by atoms with E-state index in [1.165, 1.54) is 6.07 Å². The summed E-state index contributed by atoms with van der Waals surface area (Å²) < 4.78 is 38.5. The van der Waals surface area contributed by atoms with Crippen LogP contribution in [0.15, 0.2) is 18.2 Å². The highest BCUT2D eigenvalue weighted by Crippen LogP contribution is 2.34. The van der Waals surface area contributed by atoms with Crippen molar-refractivity contribution in [1.82, 2.24) is 5.32 Å². The molecule has 1 aromatic rings. The minimum absolute atomic E-state index is 0.107. The number of anilines is 2. The van der Waals surface area contributed by atoms with Crippen molar-refractivity contribution in [3.05, 3.63) is 23.8 Å². The lowest BCUT2D eigenvalue weighted by atomic mass is 10.1. The summed E-state index contributed by atoms with van der Waals surface area (Å²) in [5, 5.41) is 4.90.